The van der Waals surface area contributed by atoms with Crippen molar-refractivity contribution in [2.45, 2.75) is 32.6 Å². The molecule has 0 bridgehead atoms. The lowest BCUT2D eigenvalue weighted by Gasteiger charge is -2.31. The summed E-state index contributed by atoms with van der Waals surface area (Å²) >= 11 is 0. The van der Waals surface area contributed by atoms with E-state index in [1.165, 1.54) is 0 Å². The van der Waals surface area contributed by atoms with E-state index in [0.29, 0.717) is 18.9 Å². The van der Waals surface area contributed by atoms with Gasteiger partial charge in [-0.1, -0.05) is 12.1 Å². The van der Waals surface area contributed by atoms with Gasteiger partial charge < -0.3 is 4.90 Å². The lowest BCUT2D eigenvalue weighted by atomic mass is 9.95. The zero-order valence-corrected chi connectivity index (χ0v) is 12.8. The van der Waals surface area contributed by atoms with E-state index in [1.54, 1.807) is 0 Å². The molecule has 0 spiro atoms. The van der Waals surface area contributed by atoms with Crippen LogP contribution in [0, 0.1) is 13.8 Å². The molecule has 1 amide bonds. The second-order valence-corrected chi connectivity index (χ2v) is 5.88. The van der Waals surface area contributed by atoms with E-state index >= 15 is 0 Å². The Kier molecular flexibility index (Phi) is 3.83. The number of benzene rings is 1. The molecule has 0 aliphatic carbocycles. The predicted octanol–water partition coefficient (Wildman–Crippen LogP) is 1.73. The molecule has 1 aromatic heterocycles. The van der Waals surface area contributed by atoms with Crippen LogP contribution in [0.15, 0.2) is 23.0 Å². The van der Waals surface area contributed by atoms with Crippen molar-refractivity contribution in [3.05, 3.63) is 51.2 Å². The number of aromatic nitrogens is 3. The molecule has 0 atom stereocenters. The van der Waals surface area contributed by atoms with Crippen LogP contribution in [0.3, 0.4) is 0 Å². The third-order valence-corrected chi connectivity index (χ3v) is 4.52. The van der Waals surface area contributed by atoms with E-state index in [9.17, 15) is 9.59 Å². The highest BCUT2D eigenvalue weighted by Crippen LogP contribution is 2.26. The van der Waals surface area contributed by atoms with Gasteiger partial charge in [-0.2, -0.15) is 5.10 Å². The lowest BCUT2D eigenvalue weighted by molar-refractivity contribution is 0.0710. The van der Waals surface area contributed by atoms with E-state index in [4.69, 9.17) is 0 Å². The van der Waals surface area contributed by atoms with Gasteiger partial charge in [-0.3, -0.25) is 9.78 Å². The number of carbonyl (C=O) groups excluding carboxylic acids is 1. The van der Waals surface area contributed by atoms with Crippen molar-refractivity contribution >= 4 is 5.91 Å². The molecule has 6 nitrogen and oxygen atoms in total. The van der Waals surface area contributed by atoms with Crippen LogP contribution in [0.25, 0.3) is 0 Å². The first-order chi connectivity index (χ1) is 10.6. The first-order valence-electron chi connectivity index (χ1n) is 7.56. The summed E-state index contributed by atoms with van der Waals surface area (Å²) in [7, 11) is 0. The van der Waals surface area contributed by atoms with Gasteiger partial charge in [0, 0.05) is 24.6 Å². The molecule has 22 heavy (non-hydrogen) atoms. The highest BCUT2D eigenvalue weighted by atomic mass is 16.2. The molecule has 1 aliphatic heterocycles. The molecule has 2 heterocycles. The van der Waals surface area contributed by atoms with Crippen LogP contribution in [0.1, 0.15) is 46.1 Å². The summed E-state index contributed by atoms with van der Waals surface area (Å²) in [6.45, 7) is 5.38. The van der Waals surface area contributed by atoms with Gasteiger partial charge in [0.25, 0.3) is 5.91 Å². The number of likely N-dealkylation sites (tertiary alicyclic amines) is 1. The highest BCUT2D eigenvalue weighted by Gasteiger charge is 2.27. The first kappa shape index (κ1) is 14.6. The quantitative estimate of drug-likeness (QED) is 0.886. The van der Waals surface area contributed by atoms with E-state index in [1.807, 2.05) is 36.9 Å². The second-order valence-electron chi connectivity index (χ2n) is 5.88. The Labute approximate surface area is 128 Å². The molecule has 2 aromatic rings. The molecule has 3 rings (SSSR count). The Morgan fingerprint density at radius 3 is 2.64 bits per heavy atom. The van der Waals surface area contributed by atoms with Gasteiger partial charge in [0.05, 0.1) is 0 Å². The zero-order chi connectivity index (χ0) is 15.7. The van der Waals surface area contributed by atoms with Crippen LogP contribution in [0.2, 0.25) is 0 Å². The maximum absolute atomic E-state index is 12.7. The topological polar surface area (TPSA) is 81.8 Å². The lowest BCUT2D eigenvalue weighted by Crippen LogP contribution is -2.38. The minimum absolute atomic E-state index is 0.0928. The van der Waals surface area contributed by atoms with E-state index in [2.05, 4.69) is 15.2 Å². The van der Waals surface area contributed by atoms with Gasteiger partial charge in [-0.05, 0) is 43.9 Å². The summed E-state index contributed by atoms with van der Waals surface area (Å²) < 4.78 is 0. The molecule has 116 valence electrons. The van der Waals surface area contributed by atoms with Crippen molar-refractivity contribution in [1.82, 2.24) is 20.1 Å². The van der Waals surface area contributed by atoms with Crippen molar-refractivity contribution in [1.29, 1.82) is 0 Å². The largest absolute Gasteiger partial charge is 0.340 e. The van der Waals surface area contributed by atoms with Crippen molar-refractivity contribution in [3.63, 3.8) is 0 Å². The number of aromatic amines is 2. The normalized spacial score (nSPS) is 16.0. The molecule has 2 N–H and O–H groups in total. The number of aryl methyl sites for hydroxylation is 1. The Balaban J connectivity index is 1.69. The molecule has 0 saturated carbocycles. The van der Waals surface area contributed by atoms with Crippen molar-refractivity contribution in [2.24, 2.45) is 0 Å². The summed E-state index contributed by atoms with van der Waals surface area (Å²) in [6, 6.07) is 5.84. The fourth-order valence-electron chi connectivity index (χ4n) is 2.99. The number of piperidine rings is 1. The van der Waals surface area contributed by atoms with Gasteiger partial charge in [0.1, 0.15) is 5.82 Å². The summed E-state index contributed by atoms with van der Waals surface area (Å²) in [4.78, 5) is 28.4. The third-order valence-electron chi connectivity index (χ3n) is 4.52. The van der Waals surface area contributed by atoms with Gasteiger partial charge in [-0.25, -0.2) is 9.89 Å². The standard InChI is InChI=1S/C16H20N4O2/c1-10-4-3-5-13(11(10)2)15(21)20-8-6-12(7-9-20)14-17-16(22)19-18-14/h3-5,12H,6-9H2,1-2H3,(H2,17,18,19,22). The number of nitrogens with zero attached hydrogens (tertiary/aromatic N) is 2. The molecular formula is C16H20N4O2. The van der Waals surface area contributed by atoms with E-state index in [-0.39, 0.29) is 17.5 Å². The van der Waals surface area contributed by atoms with Crippen LogP contribution < -0.4 is 5.69 Å². The van der Waals surface area contributed by atoms with Gasteiger partial charge in [0.2, 0.25) is 0 Å². The molecule has 0 radical (unpaired) electrons. The molecule has 0 unspecified atom stereocenters. The third kappa shape index (κ3) is 2.68. The molecule has 1 fully saturated rings. The van der Waals surface area contributed by atoms with Crippen molar-refractivity contribution in [2.75, 3.05) is 13.1 Å². The fraction of sp³-hybridized carbons (Fsp3) is 0.438. The van der Waals surface area contributed by atoms with Crippen molar-refractivity contribution in [3.8, 4) is 0 Å². The van der Waals surface area contributed by atoms with Gasteiger partial charge in [0.15, 0.2) is 0 Å². The van der Waals surface area contributed by atoms with Crippen LogP contribution in [-0.2, 0) is 0 Å². The summed E-state index contributed by atoms with van der Waals surface area (Å²) in [5.74, 6) is 1.00. The van der Waals surface area contributed by atoms with Gasteiger partial charge >= 0.3 is 5.69 Å². The van der Waals surface area contributed by atoms with Crippen LogP contribution in [-0.4, -0.2) is 39.1 Å². The Morgan fingerprint density at radius 2 is 2.00 bits per heavy atom. The Bertz CT molecular complexity index is 739. The Morgan fingerprint density at radius 1 is 1.27 bits per heavy atom. The second kappa shape index (κ2) is 5.79. The number of carbonyl (C=O) groups is 1. The van der Waals surface area contributed by atoms with Crippen LogP contribution in [0.5, 0.6) is 0 Å². The number of nitrogens with one attached hydrogen (secondary N) is 2. The highest BCUT2D eigenvalue weighted by molar-refractivity contribution is 5.96. The SMILES string of the molecule is Cc1cccc(C(=O)N2CCC(c3n[nH]c(=O)[nH]3)CC2)c1C. The molecule has 1 aromatic carbocycles. The molecule has 1 saturated heterocycles. The number of H-pyrrole nitrogens is 2. The summed E-state index contributed by atoms with van der Waals surface area (Å²) in [5, 5.41) is 6.39. The number of hydrogen-bond donors (Lipinski definition) is 2. The van der Waals surface area contributed by atoms with Crippen molar-refractivity contribution < 1.29 is 4.79 Å². The maximum Gasteiger partial charge on any atom is 0.340 e. The fourth-order valence-corrected chi connectivity index (χ4v) is 2.99. The van der Waals surface area contributed by atoms with E-state index < -0.39 is 0 Å². The summed E-state index contributed by atoms with van der Waals surface area (Å²) in [6.07, 6.45) is 1.63. The molecule has 6 heteroatoms. The van der Waals surface area contributed by atoms with Crippen LogP contribution >= 0.6 is 0 Å². The predicted molar refractivity (Wildman–Crippen MR) is 83.0 cm³/mol. The zero-order valence-electron chi connectivity index (χ0n) is 12.8. The Hall–Kier alpha value is -2.37. The number of rotatable bonds is 2. The average Bonchev–Trinajstić information content (AvgIpc) is 2.96. The van der Waals surface area contributed by atoms with Crippen LogP contribution in [0.4, 0.5) is 0 Å². The first-order valence-corrected chi connectivity index (χ1v) is 7.56. The smallest absolute Gasteiger partial charge is 0.339 e. The monoisotopic (exact) mass is 300 g/mol. The number of hydrogen-bond acceptors (Lipinski definition) is 3. The minimum atomic E-state index is -0.274. The molecular weight excluding hydrogens is 280 g/mol. The average molecular weight is 300 g/mol. The van der Waals surface area contributed by atoms with E-state index in [0.717, 1.165) is 29.5 Å². The minimum Gasteiger partial charge on any atom is -0.339 e. The maximum atomic E-state index is 12.7. The summed E-state index contributed by atoms with van der Waals surface area (Å²) in [5.41, 5.74) is 2.69. The number of amides is 1. The van der Waals surface area contributed by atoms with Gasteiger partial charge in [-0.15, -0.1) is 0 Å². The molecule has 1 aliphatic rings.